The Hall–Kier alpha value is -3.70. The first-order chi connectivity index (χ1) is 15.2. The summed E-state index contributed by atoms with van der Waals surface area (Å²) in [7, 11) is -3.76. The lowest BCUT2D eigenvalue weighted by Gasteiger charge is -2.11. The van der Waals surface area contributed by atoms with Gasteiger partial charge in [-0.1, -0.05) is 15.9 Å². The lowest BCUT2D eigenvalue weighted by molar-refractivity contribution is -0.384. The Morgan fingerprint density at radius 2 is 1.56 bits per heavy atom. The van der Waals surface area contributed by atoms with E-state index in [1.165, 1.54) is 36.4 Å². The number of halogens is 1. The summed E-state index contributed by atoms with van der Waals surface area (Å²) < 4.78 is 33.4. The number of hydrogen-bond acceptors (Lipinski definition) is 7. The van der Waals surface area contributed by atoms with Crippen molar-refractivity contribution in [2.45, 2.75) is 4.90 Å². The van der Waals surface area contributed by atoms with Crippen LogP contribution in [0.15, 0.2) is 91.4 Å². The second kappa shape index (κ2) is 8.44. The molecule has 0 fully saturated rings. The van der Waals surface area contributed by atoms with Crippen molar-refractivity contribution in [1.82, 2.24) is 0 Å². The summed E-state index contributed by atoms with van der Waals surface area (Å²) in [4.78, 5) is 22.5. The quantitative estimate of drug-likeness (QED) is 0.209. The van der Waals surface area contributed by atoms with Crippen LogP contribution in [0.3, 0.4) is 0 Å². The number of rotatable bonds is 6. The normalized spacial score (nSPS) is 11.3. The van der Waals surface area contributed by atoms with E-state index < -0.39 is 20.6 Å². The van der Waals surface area contributed by atoms with Crippen LogP contribution in [0.1, 0.15) is 0 Å². The van der Waals surface area contributed by atoms with Crippen molar-refractivity contribution in [2.75, 3.05) is 10.0 Å². The van der Waals surface area contributed by atoms with Crippen molar-refractivity contribution in [3.05, 3.63) is 97.8 Å². The molecule has 0 radical (unpaired) electrons. The molecule has 0 unspecified atom stereocenters. The molecule has 0 aliphatic heterocycles. The number of non-ortho nitro benzene ring substituents is 1. The number of nitrogens with one attached hydrogen (secondary N) is 2. The standard InChI is InChI=1S/C21H14BrN3O6S/c22-13-1-8-17(9-2-13)32(29,30)24-15-5-3-14(4-6-15)23-19-12-21(26)31-20-10-7-16(25(27)28)11-18(19)20/h1-12,23-24H. The van der Waals surface area contributed by atoms with E-state index in [4.69, 9.17) is 4.42 Å². The molecule has 32 heavy (non-hydrogen) atoms. The van der Waals surface area contributed by atoms with Gasteiger partial charge in [0.2, 0.25) is 0 Å². The van der Waals surface area contributed by atoms with Gasteiger partial charge < -0.3 is 9.73 Å². The summed E-state index contributed by atoms with van der Waals surface area (Å²) in [5, 5.41) is 14.5. The van der Waals surface area contributed by atoms with Crippen molar-refractivity contribution in [1.29, 1.82) is 0 Å². The van der Waals surface area contributed by atoms with Gasteiger partial charge >= 0.3 is 5.63 Å². The van der Waals surface area contributed by atoms with Crippen molar-refractivity contribution in [2.24, 2.45) is 0 Å². The third-order valence-electron chi connectivity index (χ3n) is 4.48. The third-order valence-corrected chi connectivity index (χ3v) is 6.40. The van der Waals surface area contributed by atoms with Gasteiger partial charge in [-0.05, 0) is 54.6 Å². The molecule has 0 amide bonds. The predicted octanol–water partition coefficient (Wildman–Crippen LogP) is 5.01. The van der Waals surface area contributed by atoms with E-state index in [1.54, 1.807) is 36.4 Å². The summed E-state index contributed by atoms with van der Waals surface area (Å²) in [6.45, 7) is 0. The Balaban J connectivity index is 1.59. The van der Waals surface area contributed by atoms with Crippen LogP contribution >= 0.6 is 15.9 Å². The number of nitrogens with zero attached hydrogens (tertiary/aromatic N) is 1. The molecule has 0 atom stereocenters. The van der Waals surface area contributed by atoms with E-state index in [0.717, 1.165) is 4.47 Å². The second-order valence-electron chi connectivity index (χ2n) is 6.68. The number of nitro benzene ring substituents is 1. The predicted molar refractivity (Wildman–Crippen MR) is 124 cm³/mol. The van der Waals surface area contributed by atoms with Gasteiger partial charge in [0, 0.05) is 39.4 Å². The molecule has 2 N–H and O–H groups in total. The minimum atomic E-state index is -3.76. The number of benzene rings is 3. The SMILES string of the molecule is O=c1cc(Nc2ccc(NS(=O)(=O)c3ccc(Br)cc3)cc2)c2cc([N+](=O)[O-])ccc2o1. The van der Waals surface area contributed by atoms with Crippen LogP contribution in [0.2, 0.25) is 0 Å². The van der Waals surface area contributed by atoms with E-state index in [0.29, 0.717) is 22.4 Å². The summed E-state index contributed by atoms with van der Waals surface area (Å²) in [6.07, 6.45) is 0. The summed E-state index contributed by atoms with van der Waals surface area (Å²) in [6, 6.07) is 17.7. The van der Waals surface area contributed by atoms with Crippen LogP contribution < -0.4 is 15.7 Å². The van der Waals surface area contributed by atoms with Crippen molar-refractivity contribution in [3.63, 3.8) is 0 Å². The highest BCUT2D eigenvalue weighted by atomic mass is 79.9. The van der Waals surface area contributed by atoms with Gasteiger partial charge in [0.25, 0.3) is 15.7 Å². The maximum Gasteiger partial charge on any atom is 0.338 e. The van der Waals surface area contributed by atoms with Gasteiger partial charge in [-0.2, -0.15) is 0 Å². The fourth-order valence-electron chi connectivity index (χ4n) is 2.97. The molecule has 11 heteroatoms. The molecule has 0 bridgehead atoms. The number of hydrogen-bond donors (Lipinski definition) is 2. The molecule has 0 saturated heterocycles. The molecule has 0 aliphatic carbocycles. The van der Waals surface area contributed by atoms with E-state index in [1.807, 2.05) is 0 Å². The zero-order valence-electron chi connectivity index (χ0n) is 16.1. The highest BCUT2D eigenvalue weighted by Crippen LogP contribution is 2.29. The maximum atomic E-state index is 12.5. The van der Waals surface area contributed by atoms with E-state index in [9.17, 15) is 23.3 Å². The molecule has 162 valence electrons. The minimum absolute atomic E-state index is 0.118. The molecule has 4 rings (SSSR count). The smallest absolute Gasteiger partial charge is 0.338 e. The molecule has 9 nitrogen and oxygen atoms in total. The lowest BCUT2D eigenvalue weighted by Crippen LogP contribution is -2.12. The average Bonchev–Trinajstić information content (AvgIpc) is 2.75. The molecular weight excluding hydrogens is 502 g/mol. The first kappa shape index (κ1) is 21.5. The van der Waals surface area contributed by atoms with Crippen LogP contribution in [0, 0.1) is 10.1 Å². The molecule has 0 aliphatic rings. The maximum absolute atomic E-state index is 12.5. The van der Waals surface area contributed by atoms with Gasteiger partial charge in [-0.15, -0.1) is 0 Å². The van der Waals surface area contributed by atoms with Crippen molar-refractivity contribution < 1.29 is 17.8 Å². The van der Waals surface area contributed by atoms with Crippen molar-refractivity contribution in [3.8, 4) is 0 Å². The Bertz CT molecular complexity index is 1480. The second-order valence-corrected chi connectivity index (χ2v) is 9.28. The van der Waals surface area contributed by atoms with Gasteiger partial charge in [0.05, 0.1) is 15.5 Å². The number of nitro groups is 1. The largest absolute Gasteiger partial charge is 0.423 e. The first-order valence-corrected chi connectivity index (χ1v) is 11.4. The van der Waals surface area contributed by atoms with Crippen molar-refractivity contribution >= 4 is 59.7 Å². The van der Waals surface area contributed by atoms with Gasteiger partial charge in [-0.25, -0.2) is 13.2 Å². The van der Waals surface area contributed by atoms with Crippen LogP contribution in [-0.4, -0.2) is 13.3 Å². The summed E-state index contributed by atoms with van der Waals surface area (Å²) >= 11 is 3.26. The number of sulfonamides is 1. The highest BCUT2D eigenvalue weighted by molar-refractivity contribution is 9.10. The minimum Gasteiger partial charge on any atom is -0.423 e. The van der Waals surface area contributed by atoms with Crippen LogP contribution in [0.25, 0.3) is 11.0 Å². The molecule has 1 aromatic heterocycles. The van der Waals surface area contributed by atoms with Gasteiger partial charge in [0.15, 0.2) is 0 Å². The zero-order chi connectivity index (χ0) is 22.9. The Labute approximate surface area is 190 Å². The Morgan fingerprint density at radius 3 is 2.22 bits per heavy atom. The third kappa shape index (κ3) is 4.63. The fourth-order valence-corrected chi connectivity index (χ4v) is 4.30. The van der Waals surface area contributed by atoms with Gasteiger partial charge in [-0.3, -0.25) is 14.8 Å². The number of anilines is 3. The number of fused-ring (bicyclic) bond motifs is 1. The Morgan fingerprint density at radius 1 is 0.906 bits per heavy atom. The van der Waals surface area contributed by atoms with Crippen LogP contribution in [0.5, 0.6) is 0 Å². The molecule has 0 spiro atoms. The highest BCUT2D eigenvalue weighted by Gasteiger charge is 2.15. The zero-order valence-corrected chi connectivity index (χ0v) is 18.5. The van der Waals surface area contributed by atoms with E-state index >= 15 is 0 Å². The lowest BCUT2D eigenvalue weighted by atomic mass is 10.1. The topological polar surface area (TPSA) is 132 Å². The molecule has 3 aromatic carbocycles. The average molecular weight is 516 g/mol. The Kier molecular flexibility index (Phi) is 5.68. The summed E-state index contributed by atoms with van der Waals surface area (Å²) in [5.74, 6) is 0. The first-order valence-electron chi connectivity index (χ1n) is 9.09. The van der Waals surface area contributed by atoms with E-state index in [-0.39, 0.29) is 16.2 Å². The molecule has 4 aromatic rings. The fraction of sp³-hybridized carbons (Fsp3) is 0. The monoisotopic (exact) mass is 515 g/mol. The van der Waals surface area contributed by atoms with Crippen LogP contribution in [0.4, 0.5) is 22.7 Å². The van der Waals surface area contributed by atoms with E-state index in [2.05, 4.69) is 26.0 Å². The molecule has 0 saturated carbocycles. The molecule has 1 heterocycles. The molecular formula is C21H14BrN3O6S. The van der Waals surface area contributed by atoms with Gasteiger partial charge in [0.1, 0.15) is 5.58 Å². The van der Waals surface area contributed by atoms with Crippen LogP contribution in [-0.2, 0) is 10.0 Å². The summed E-state index contributed by atoms with van der Waals surface area (Å²) in [5.41, 5.74) is 0.633.